The molecular formula is C19H31N. The number of aryl methyl sites for hydroxylation is 2. The summed E-state index contributed by atoms with van der Waals surface area (Å²) in [4.78, 5) is 0. The lowest BCUT2D eigenvalue weighted by molar-refractivity contribution is 0.320. The van der Waals surface area contributed by atoms with Crippen LogP contribution in [0.15, 0.2) is 18.2 Å². The Bertz CT molecular complexity index is 404. The molecule has 0 amide bonds. The van der Waals surface area contributed by atoms with Crippen LogP contribution in [-0.2, 0) is 12.8 Å². The molecular weight excluding hydrogens is 242 g/mol. The molecule has 0 saturated carbocycles. The number of fused-ring (bicyclic) bond motifs is 1. The predicted octanol–water partition coefficient (Wildman–Crippen LogP) is 5.04. The zero-order valence-corrected chi connectivity index (χ0v) is 13.5. The molecule has 1 aromatic rings. The topological polar surface area (TPSA) is 12.0 Å². The highest BCUT2D eigenvalue weighted by molar-refractivity contribution is 5.36. The molecule has 1 aromatic carbocycles. The fraction of sp³-hybridized carbons (Fsp3) is 0.684. The summed E-state index contributed by atoms with van der Waals surface area (Å²) in [5.74, 6) is 0.782. The van der Waals surface area contributed by atoms with Crippen molar-refractivity contribution in [1.82, 2.24) is 5.32 Å². The lowest BCUT2D eigenvalue weighted by Gasteiger charge is -2.28. The quantitative estimate of drug-likeness (QED) is 0.699. The monoisotopic (exact) mass is 273 g/mol. The average Bonchev–Trinajstić information content (AvgIpc) is 2.92. The summed E-state index contributed by atoms with van der Waals surface area (Å²) in [6.45, 7) is 7.92. The Labute approximate surface area is 125 Å². The van der Waals surface area contributed by atoms with Crippen LogP contribution in [0.1, 0.15) is 75.6 Å². The summed E-state index contributed by atoms with van der Waals surface area (Å²) in [6, 6.07) is 7.81. The van der Waals surface area contributed by atoms with Gasteiger partial charge in [0, 0.05) is 6.04 Å². The van der Waals surface area contributed by atoms with Gasteiger partial charge in [-0.05, 0) is 61.3 Å². The van der Waals surface area contributed by atoms with Crippen LogP contribution in [0.4, 0.5) is 0 Å². The predicted molar refractivity (Wildman–Crippen MR) is 88.2 cm³/mol. The van der Waals surface area contributed by atoms with Gasteiger partial charge in [0.05, 0.1) is 0 Å². The van der Waals surface area contributed by atoms with Crippen LogP contribution in [0, 0.1) is 5.92 Å². The maximum atomic E-state index is 3.76. The van der Waals surface area contributed by atoms with Crippen LogP contribution < -0.4 is 5.32 Å². The molecule has 0 radical (unpaired) electrons. The molecule has 1 aliphatic carbocycles. The van der Waals surface area contributed by atoms with Crippen molar-refractivity contribution in [2.75, 3.05) is 6.54 Å². The van der Waals surface area contributed by atoms with Gasteiger partial charge in [0.2, 0.25) is 0 Å². The average molecular weight is 273 g/mol. The Morgan fingerprint density at radius 3 is 2.35 bits per heavy atom. The van der Waals surface area contributed by atoms with E-state index in [1.165, 1.54) is 50.5 Å². The first-order valence-corrected chi connectivity index (χ1v) is 8.65. The van der Waals surface area contributed by atoms with Crippen molar-refractivity contribution in [3.8, 4) is 0 Å². The van der Waals surface area contributed by atoms with E-state index in [9.17, 15) is 0 Å². The molecule has 0 aromatic heterocycles. The molecule has 0 saturated heterocycles. The minimum Gasteiger partial charge on any atom is -0.310 e. The first kappa shape index (κ1) is 15.6. The van der Waals surface area contributed by atoms with Gasteiger partial charge in [-0.3, -0.25) is 0 Å². The third-order valence-corrected chi connectivity index (χ3v) is 4.70. The van der Waals surface area contributed by atoms with Gasteiger partial charge in [0.25, 0.3) is 0 Å². The molecule has 1 heteroatoms. The van der Waals surface area contributed by atoms with E-state index in [-0.39, 0.29) is 0 Å². The van der Waals surface area contributed by atoms with E-state index in [1.807, 2.05) is 0 Å². The summed E-state index contributed by atoms with van der Waals surface area (Å²) in [5, 5.41) is 3.76. The van der Waals surface area contributed by atoms with E-state index < -0.39 is 0 Å². The highest BCUT2D eigenvalue weighted by atomic mass is 14.9. The Balaban J connectivity index is 2.21. The first-order valence-electron chi connectivity index (χ1n) is 8.65. The third kappa shape index (κ3) is 3.63. The van der Waals surface area contributed by atoms with Gasteiger partial charge < -0.3 is 5.32 Å². The van der Waals surface area contributed by atoms with Gasteiger partial charge in [0.15, 0.2) is 0 Å². The minimum absolute atomic E-state index is 0.547. The van der Waals surface area contributed by atoms with Gasteiger partial charge >= 0.3 is 0 Å². The standard InChI is InChI=1S/C19H31N/c1-4-8-16(9-5-2)19(20-6-3)18-13-12-15-10-7-11-17(15)14-18/h12-14,16,19-20H,4-11H2,1-3H3. The van der Waals surface area contributed by atoms with E-state index in [0.717, 1.165) is 12.5 Å². The molecule has 20 heavy (non-hydrogen) atoms. The SMILES string of the molecule is CCCC(CCC)C(NCC)c1ccc2c(c1)CCC2. The Morgan fingerprint density at radius 2 is 1.70 bits per heavy atom. The van der Waals surface area contributed by atoms with Crippen molar-refractivity contribution in [2.45, 2.75) is 71.8 Å². The molecule has 1 atom stereocenters. The molecule has 0 heterocycles. The summed E-state index contributed by atoms with van der Waals surface area (Å²) in [5.41, 5.74) is 4.73. The maximum absolute atomic E-state index is 3.76. The van der Waals surface area contributed by atoms with E-state index in [0.29, 0.717) is 6.04 Å². The zero-order chi connectivity index (χ0) is 14.4. The lowest BCUT2D eigenvalue weighted by atomic mass is 9.85. The minimum atomic E-state index is 0.547. The number of hydrogen-bond acceptors (Lipinski definition) is 1. The van der Waals surface area contributed by atoms with Gasteiger partial charge in [-0.1, -0.05) is 51.8 Å². The molecule has 1 nitrogen and oxygen atoms in total. The van der Waals surface area contributed by atoms with Crippen LogP contribution >= 0.6 is 0 Å². The summed E-state index contributed by atoms with van der Waals surface area (Å²) >= 11 is 0. The number of nitrogens with one attached hydrogen (secondary N) is 1. The molecule has 0 fully saturated rings. The fourth-order valence-corrected chi connectivity index (χ4v) is 3.78. The number of rotatable bonds is 8. The van der Waals surface area contributed by atoms with Crippen molar-refractivity contribution in [2.24, 2.45) is 5.92 Å². The molecule has 0 aliphatic heterocycles. The van der Waals surface area contributed by atoms with Crippen molar-refractivity contribution >= 4 is 0 Å². The van der Waals surface area contributed by atoms with Crippen molar-refractivity contribution in [1.29, 1.82) is 0 Å². The van der Waals surface area contributed by atoms with Crippen LogP contribution in [0.2, 0.25) is 0 Å². The highest BCUT2D eigenvalue weighted by Gasteiger charge is 2.22. The largest absolute Gasteiger partial charge is 0.310 e. The van der Waals surface area contributed by atoms with Gasteiger partial charge in [0.1, 0.15) is 0 Å². The first-order chi connectivity index (χ1) is 9.80. The molecule has 2 rings (SSSR count). The normalized spacial score (nSPS) is 15.6. The summed E-state index contributed by atoms with van der Waals surface area (Å²) in [7, 11) is 0. The second-order valence-corrected chi connectivity index (χ2v) is 6.25. The number of benzene rings is 1. The molecule has 1 aliphatic rings. The second-order valence-electron chi connectivity index (χ2n) is 6.25. The van der Waals surface area contributed by atoms with Crippen LogP contribution in [0.3, 0.4) is 0 Å². The van der Waals surface area contributed by atoms with Gasteiger partial charge in [-0.15, -0.1) is 0 Å². The van der Waals surface area contributed by atoms with Gasteiger partial charge in [-0.25, -0.2) is 0 Å². The molecule has 0 spiro atoms. The number of hydrogen-bond donors (Lipinski definition) is 1. The van der Waals surface area contributed by atoms with Crippen LogP contribution in [-0.4, -0.2) is 6.54 Å². The van der Waals surface area contributed by atoms with E-state index in [1.54, 1.807) is 11.1 Å². The van der Waals surface area contributed by atoms with Crippen LogP contribution in [0.25, 0.3) is 0 Å². The van der Waals surface area contributed by atoms with Crippen LogP contribution in [0.5, 0.6) is 0 Å². The molecule has 1 N–H and O–H groups in total. The Kier molecular flexibility index (Phi) is 6.09. The van der Waals surface area contributed by atoms with Crippen molar-refractivity contribution < 1.29 is 0 Å². The molecule has 0 bridgehead atoms. The molecule has 112 valence electrons. The van der Waals surface area contributed by atoms with Crippen molar-refractivity contribution in [3.05, 3.63) is 34.9 Å². The maximum Gasteiger partial charge on any atom is 0.0348 e. The van der Waals surface area contributed by atoms with Crippen molar-refractivity contribution in [3.63, 3.8) is 0 Å². The van der Waals surface area contributed by atoms with Gasteiger partial charge in [-0.2, -0.15) is 0 Å². The zero-order valence-electron chi connectivity index (χ0n) is 13.5. The Hall–Kier alpha value is -0.820. The van der Waals surface area contributed by atoms with E-state index in [2.05, 4.69) is 44.3 Å². The Morgan fingerprint density at radius 1 is 1.00 bits per heavy atom. The second kappa shape index (κ2) is 7.83. The summed E-state index contributed by atoms with van der Waals surface area (Å²) in [6.07, 6.45) is 9.17. The van der Waals surface area contributed by atoms with E-state index >= 15 is 0 Å². The van der Waals surface area contributed by atoms with E-state index in [4.69, 9.17) is 0 Å². The fourth-order valence-electron chi connectivity index (χ4n) is 3.78. The highest BCUT2D eigenvalue weighted by Crippen LogP contribution is 2.32. The third-order valence-electron chi connectivity index (χ3n) is 4.70. The smallest absolute Gasteiger partial charge is 0.0348 e. The molecule has 1 unspecified atom stereocenters. The summed E-state index contributed by atoms with van der Waals surface area (Å²) < 4.78 is 0. The lowest BCUT2D eigenvalue weighted by Crippen LogP contribution is -2.28.